The second kappa shape index (κ2) is 20.0. The fourth-order valence-electron chi connectivity index (χ4n) is 12.1. The molecule has 3 amide bonds. The van der Waals surface area contributed by atoms with Gasteiger partial charge < -0.3 is 45.8 Å². The molecule has 5 N–H and O–H groups in total. The lowest BCUT2D eigenvalue weighted by molar-refractivity contribution is -0.145. The number of aliphatic hydroxyl groups excluding tert-OH is 1. The Balaban J connectivity index is 0.691. The zero-order valence-electron chi connectivity index (χ0n) is 40.5. The highest BCUT2D eigenvalue weighted by atomic mass is 16.3. The highest BCUT2D eigenvalue weighted by Gasteiger charge is 2.50. The van der Waals surface area contributed by atoms with Gasteiger partial charge in [-0.1, -0.05) is 51.0 Å². The van der Waals surface area contributed by atoms with Crippen molar-refractivity contribution in [3.8, 4) is 29.4 Å². The maximum absolute atomic E-state index is 14.2. The number of para-hydroxylation sites is 1. The van der Waals surface area contributed by atoms with E-state index in [1.165, 1.54) is 30.6 Å². The molecule has 0 radical (unpaired) electrons. The minimum absolute atomic E-state index is 0.0495. The lowest BCUT2D eigenvalue weighted by Gasteiger charge is -2.56. The number of phenols is 1. The fraction of sp³-hybridized carbons (Fsp3) is 0.604. The van der Waals surface area contributed by atoms with E-state index in [1.54, 1.807) is 6.07 Å². The van der Waals surface area contributed by atoms with Crippen LogP contribution in [0, 0.1) is 29.1 Å². The number of amides is 3. The van der Waals surface area contributed by atoms with Crippen LogP contribution in [0.15, 0.2) is 54.6 Å². The summed E-state index contributed by atoms with van der Waals surface area (Å²) < 4.78 is 0. The summed E-state index contributed by atoms with van der Waals surface area (Å²) in [7, 11) is 2.30. The summed E-state index contributed by atoms with van der Waals surface area (Å²) in [6.07, 6.45) is 13.3. The number of anilines is 2. The lowest BCUT2D eigenvalue weighted by Crippen LogP contribution is -2.59. The Kier molecular flexibility index (Phi) is 14.0. The Hall–Kier alpha value is -5.27. The predicted octanol–water partition coefficient (Wildman–Crippen LogP) is 4.29. The van der Waals surface area contributed by atoms with E-state index in [1.807, 2.05) is 63.2 Å². The SMILES string of the molecule is C#Cc1ccc(CNC(=O)[C@@H]2C[C@@H](O)CN2C(=O)[C@@H](NC(=O)C2CCC3(CC2)CC(N2CCC(N(C)CCN4CCN5c6cc(-c7ccccc7O)nnc6NC[C@H]5C4)CC2)C3)C(C)(C)C)cc1. The topological polar surface area (TPSA) is 170 Å². The first-order valence-corrected chi connectivity index (χ1v) is 25.1. The van der Waals surface area contributed by atoms with Crippen molar-refractivity contribution in [2.75, 3.05) is 76.2 Å². The molecule has 6 aliphatic rings. The first-order valence-electron chi connectivity index (χ1n) is 25.1. The molecule has 0 unspecified atom stereocenters. The number of β-amino-alcohol motifs (C(OH)–C–C–N with tert-alkyl or cyclic N) is 1. The summed E-state index contributed by atoms with van der Waals surface area (Å²) in [4.78, 5) is 53.4. The summed E-state index contributed by atoms with van der Waals surface area (Å²) in [5, 5.41) is 39.5. The summed E-state index contributed by atoms with van der Waals surface area (Å²) in [5.74, 6) is 2.73. The number of nitrogens with zero attached hydrogens (tertiary/aromatic N) is 7. The number of fused-ring (bicyclic) bond motifs is 3. The van der Waals surface area contributed by atoms with E-state index in [9.17, 15) is 24.6 Å². The van der Waals surface area contributed by atoms with Gasteiger partial charge in [-0.25, -0.2) is 0 Å². The van der Waals surface area contributed by atoms with Crippen LogP contribution in [0.5, 0.6) is 5.75 Å². The monoisotopic (exact) mass is 929 g/mol. The van der Waals surface area contributed by atoms with Gasteiger partial charge in [0.05, 0.1) is 23.5 Å². The summed E-state index contributed by atoms with van der Waals surface area (Å²) >= 11 is 0. The van der Waals surface area contributed by atoms with Crippen molar-refractivity contribution >= 4 is 29.2 Å². The molecule has 5 fully saturated rings. The van der Waals surface area contributed by atoms with Gasteiger partial charge in [0.15, 0.2) is 5.82 Å². The van der Waals surface area contributed by atoms with Crippen molar-refractivity contribution in [1.29, 1.82) is 0 Å². The van der Waals surface area contributed by atoms with Gasteiger partial charge in [-0.15, -0.1) is 16.6 Å². The van der Waals surface area contributed by atoms with Gasteiger partial charge in [0.2, 0.25) is 17.7 Å². The van der Waals surface area contributed by atoms with E-state index in [0.29, 0.717) is 34.8 Å². The second-order valence-electron chi connectivity index (χ2n) is 21.9. The molecule has 4 atom stereocenters. The molecule has 2 saturated carbocycles. The third-order valence-electron chi connectivity index (χ3n) is 16.3. The number of aliphatic hydroxyl groups is 1. The fourth-order valence-corrected chi connectivity index (χ4v) is 12.1. The molecule has 68 heavy (non-hydrogen) atoms. The van der Waals surface area contributed by atoms with Crippen molar-refractivity contribution < 1.29 is 24.6 Å². The minimum Gasteiger partial charge on any atom is -0.507 e. The molecule has 15 heteroatoms. The minimum atomic E-state index is -0.828. The number of likely N-dealkylation sites (tertiary alicyclic amines) is 2. The maximum Gasteiger partial charge on any atom is 0.246 e. The molecule has 3 saturated heterocycles. The van der Waals surface area contributed by atoms with Crippen molar-refractivity contribution in [2.45, 2.75) is 121 Å². The molecular weight excluding hydrogens is 857 g/mol. The smallest absolute Gasteiger partial charge is 0.246 e. The predicted molar refractivity (Wildman–Crippen MR) is 264 cm³/mol. The van der Waals surface area contributed by atoms with E-state index >= 15 is 0 Å². The summed E-state index contributed by atoms with van der Waals surface area (Å²) in [6.45, 7) is 14.3. The molecule has 5 heterocycles. The first-order chi connectivity index (χ1) is 32.7. The molecule has 1 spiro atoms. The van der Waals surface area contributed by atoms with Crippen molar-refractivity contribution in [3.63, 3.8) is 0 Å². The number of piperidine rings is 1. The standard InChI is InChI=1S/C53H72N10O5/c1-6-35-11-13-36(14-12-35)31-55-50(67)45-27-41(64)34-63(45)51(68)47(52(2,3)4)56-49(66)37-15-19-53(20-16-37)29-39(30-53)61-21-17-38(18-22-61)59(5)23-24-60-25-26-62-40(33-60)32-54-48-44(62)28-43(57-58-48)42-9-7-8-10-46(42)65/h1,7-14,28,37-41,45,47,64-65H,15-27,29-34H2,2-5H3,(H,54,58)(H,55,67)(H,56,66)/t37?,39?,40-,41+,45-,47+,53?/m0/s1. The number of rotatable bonds is 12. The number of hydrogen-bond acceptors (Lipinski definition) is 12. The molecule has 3 aromatic rings. The summed E-state index contributed by atoms with van der Waals surface area (Å²) in [5.41, 5.74) is 3.79. The van der Waals surface area contributed by atoms with Crippen LogP contribution in [0.4, 0.5) is 11.5 Å². The quantitative estimate of drug-likeness (QED) is 0.164. The van der Waals surface area contributed by atoms with Crippen LogP contribution in [0.25, 0.3) is 11.3 Å². The second-order valence-corrected chi connectivity index (χ2v) is 21.9. The Morgan fingerprint density at radius 2 is 1.69 bits per heavy atom. The lowest BCUT2D eigenvalue weighted by atomic mass is 9.56. The Morgan fingerprint density at radius 3 is 2.40 bits per heavy atom. The Morgan fingerprint density at radius 1 is 0.956 bits per heavy atom. The van der Waals surface area contributed by atoms with Gasteiger partial charge in [-0.2, -0.15) is 0 Å². The molecule has 2 aliphatic carbocycles. The van der Waals surface area contributed by atoms with Gasteiger partial charge in [-0.05, 0) is 118 Å². The van der Waals surface area contributed by atoms with E-state index in [2.05, 4.69) is 64.8 Å². The molecule has 1 aromatic heterocycles. The first kappa shape index (κ1) is 47.8. The normalized spacial score (nSPS) is 27.1. The van der Waals surface area contributed by atoms with Crippen molar-refractivity contribution in [3.05, 3.63) is 65.7 Å². The maximum atomic E-state index is 14.2. The Bertz CT molecular complexity index is 2320. The number of benzene rings is 2. The van der Waals surface area contributed by atoms with Crippen LogP contribution >= 0.6 is 0 Å². The zero-order valence-corrected chi connectivity index (χ0v) is 40.5. The van der Waals surface area contributed by atoms with Gasteiger partial charge in [0, 0.05) is 87.9 Å². The highest BCUT2D eigenvalue weighted by Crippen LogP contribution is 2.54. The van der Waals surface area contributed by atoms with Crippen LogP contribution in [-0.4, -0.2) is 160 Å². The molecule has 2 aromatic carbocycles. The third-order valence-corrected chi connectivity index (χ3v) is 16.3. The van der Waals surface area contributed by atoms with Crippen LogP contribution in [-0.2, 0) is 20.9 Å². The number of likely N-dealkylation sites (N-methyl/N-ethyl adjacent to an activating group) is 1. The van der Waals surface area contributed by atoms with E-state index < -0.39 is 23.6 Å². The number of carbonyl (C=O) groups excluding carboxylic acids is 3. The average molecular weight is 929 g/mol. The molecular formula is C53H72N10O5. The van der Waals surface area contributed by atoms with Crippen LogP contribution < -0.4 is 20.9 Å². The molecule has 364 valence electrons. The van der Waals surface area contributed by atoms with Gasteiger partial charge in [-0.3, -0.25) is 19.3 Å². The number of carbonyl (C=O) groups is 3. The van der Waals surface area contributed by atoms with Crippen molar-refractivity contribution in [1.82, 2.24) is 40.4 Å². The molecule has 15 nitrogen and oxygen atoms in total. The average Bonchev–Trinajstić information content (AvgIpc) is 3.74. The molecule has 4 aliphatic heterocycles. The molecule has 9 rings (SSSR count). The molecule has 0 bridgehead atoms. The number of aromatic hydroxyl groups is 1. The van der Waals surface area contributed by atoms with E-state index in [-0.39, 0.29) is 48.9 Å². The van der Waals surface area contributed by atoms with E-state index in [4.69, 9.17) is 6.42 Å². The van der Waals surface area contributed by atoms with Crippen molar-refractivity contribution in [2.24, 2.45) is 16.7 Å². The van der Waals surface area contributed by atoms with Gasteiger partial charge in [0.25, 0.3) is 0 Å². The number of nitrogens with one attached hydrogen (secondary N) is 3. The number of phenolic OH excluding ortho intramolecular Hbond substituents is 1. The number of aromatic nitrogens is 2. The summed E-state index contributed by atoms with van der Waals surface area (Å²) in [6, 6.07) is 16.6. The number of terminal acetylenes is 1. The zero-order chi connectivity index (χ0) is 47.7. The van der Waals surface area contributed by atoms with Crippen LogP contribution in [0.1, 0.15) is 89.7 Å². The van der Waals surface area contributed by atoms with Gasteiger partial charge in [0.1, 0.15) is 17.8 Å². The van der Waals surface area contributed by atoms with Gasteiger partial charge >= 0.3 is 0 Å². The number of piperazine rings is 1. The Labute approximate surface area is 402 Å². The largest absolute Gasteiger partial charge is 0.507 e. The van der Waals surface area contributed by atoms with Crippen LogP contribution in [0.3, 0.4) is 0 Å². The highest BCUT2D eigenvalue weighted by molar-refractivity contribution is 5.93. The van der Waals surface area contributed by atoms with Crippen LogP contribution in [0.2, 0.25) is 0 Å². The van der Waals surface area contributed by atoms with E-state index in [0.717, 1.165) is 101 Å². The third kappa shape index (κ3) is 10.3. The number of hydrogen-bond donors (Lipinski definition) is 5.